The summed E-state index contributed by atoms with van der Waals surface area (Å²) in [5, 5.41) is 12.8. The molecule has 1 aromatic heterocycles. The molecule has 1 aliphatic rings. The summed E-state index contributed by atoms with van der Waals surface area (Å²) in [6, 6.07) is 9.24. The van der Waals surface area contributed by atoms with E-state index in [9.17, 15) is 5.11 Å². The van der Waals surface area contributed by atoms with Crippen LogP contribution in [0.1, 0.15) is 12.0 Å². The first-order valence-corrected chi connectivity index (χ1v) is 9.02. The number of phenols is 1. The van der Waals surface area contributed by atoms with Gasteiger partial charge in [-0.1, -0.05) is 12.1 Å². The summed E-state index contributed by atoms with van der Waals surface area (Å²) in [6.07, 6.45) is 5.55. The Morgan fingerprint density at radius 3 is 2.46 bits per heavy atom. The second kappa shape index (κ2) is 9.03. The van der Waals surface area contributed by atoms with Gasteiger partial charge in [-0.2, -0.15) is 0 Å². The summed E-state index contributed by atoms with van der Waals surface area (Å²) in [6.45, 7) is 4.44. The Kier molecular flexibility index (Phi) is 6.24. The van der Waals surface area contributed by atoms with E-state index in [0.717, 1.165) is 57.5 Å². The van der Waals surface area contributed by atoms with Crippen molar-refractivity contribution in [2.24, 2.45) is 4.99 Å². The van der Waals surface area contributed by atoms with Gasteiger partial charge in [0, 0.05) is 52.2 Å². The smallest absolute Gasteiger partial charge is 0.225 e. The van der Waals surface area contributed by atoms with Gasteiger partial charge in [0.2, 0.25) is 5.95 Å². The number of anilines is 1. The number of piperazine rings is 1. The Morgan fingerprint density at radius 2 is 1.81 bits per heavy atom. The number of hydrogen-bond acceptors (Lipinski definition) is 5. The number of nitrogens with zero attached hydrogens (tertiary/aromatic N) is 5. The highest BCUT2D eigenvalue weighted by Gasteiger charge is 2.20. The standard InChI is InChI=1S/C19H26N6O/c1-20-18(21-9-2-4-16-5-7-17(26)8-6-16)24-12-14-25(15-13-24)19-22-10-3-11-23-19/h3,5-8,10-11,26H,2,4,9,12-15H2,1H3,(H,20,21). The molecule has 0 bridgehead atoms. The second-order valence-electron chi connectivity index (χ2n) is 6.27. The number of aromatic hydroxyl groups is 1. The van der Waals surface area contributed by atoms with Gasteiger partial charge in [0.25, 0.3) is 0 Å². The molecule has 26 heavy (non-hydrogen) atoms. The molecule has 0 amide bonds. The first-order valence-electron chi connectivity index (χ1n) is 9.02. The number of aromatic nitrogens is 2. The van der Waals surface area contributed by atoms with E-state index in [-0.39, 0.29) is 0 Å². The Bertz CT molecular complexity index is 696. The van der Waals surface area contributed by atoms with Gasteiger partial charge in [0.15, 0.2) is 5.96 Å². The van der Waals surface area contributed by atoms with Gasteiger partial charge in [0.05, 0.1) is 0 Å². The van der Waals surface area contributed by atoms with E-state index in [2.05, 4.69) is 30.1 Å². The molecule has 1 aliphatic heterocycles. The minimum Gasteiger partial charge on any atom is -0.508 e. The van der Waals surface area contributed by atoms with Gasteiger partial charge in [0.1, 0.15) is 5.75 Å². The molecular formula is C19H26N6O. The van der Waals surface area contributed by atoms with Crippen LogP contribution in [0.4, 0.5) is 5.95 Å². The monoisotopic (exact) mass is 354 g/mol. The first kappa shape index (κ1) is 18.0. The van der Waals surface area contributed by atoms with Crippen molar-refractivity contribution in [3.05, 3.63) is 48.3 Å². The average Bonchev–Trinajstić information content (AvgIpc) is 2.70. The van der Waals surface area contributed by atoms with Gasteiger partial charge in [-0.05, 0) is 36.6 Å². The van der Waals surface area contributed by atoms with Gasteiger partial charge in [-0.25, -0.2) is 9.97 Å². The van der Waals surface area contributed by atoms with Crippen LogP contribution < -0.4 is 10.2 Å². The molecule has 7 heteroatoms. The number of phenolic OH excluding ortho intramolecular Hbond substituents is 1. The highest BCUT2D eigenvalue weighted by atomic mass is 16.3. The Morgan fingerprint density at radius 1 is 1.12 bits per heavy atom. The summed E-state index contributed by atoms with van der Waals surface area (Å²) < 4.78 is 0. The normalized spacial score (nSPS) is 15.2. The Hall–Kier alpha value is -2.83. The number of benzene rings is 1. The highest BCUT2D eigenvalue weighted by molar-refractivity contribution is 5.80. The molecular weight excluding hydrogens is 328 g/mol. The number of guanidine groups is 1. The molecule has 0 spiro atoms. The summed E-state index contributed by atoms with van der Waals surface area (Å²) in [5.41, 5.74) is 1.23. The fraction of sp³-hybridized carbons (Fsp3) is 0.421. The molecule has 0 atom stereocenters. The van der Waals surface area contributed by atoms with Crippen molar-refractivity contribution in [1.29, 1.82) is 0 Å². The topological polar surface area (TPSA) is 76.9 Å². The van der Waals surface area contributed by atoms with E-state index < -0.39 is 0 Å². The van der Waals surface area contributed by atoms with Gasteiger partial charge >= 0.3 is 0 Å². The summed E-state index contributed by atoms with van der Waals surface area (Å²) in [5.74, 6) is 2.06. The molecule has 2 N–H and O–H groups in total. The zero-order valence-corrected chi connectivity index (χ0v) is 15.2. The average molecular weight is 354 g/mol. The lowest BCUT2D eigenvalue weighted by Gasteiger charge is -2.36. The third-order valence-electron chi connectivity index (χ3n) is 4.49. The number of aryl methyl sites for hydroxylation is 1. The van der Waals surface area contributed by atoms with E-state index in [0.29, 0.717) is 5.75 Å². The van der Waals surface area contributed by atoms with Crippen molar-refractivity contribution in [1.82, 2.24) is 20.2 Å². The molecule has 0 unspecified atom stereocenters. The zero-order valence-electron chi connectivity index (χ0n) is 15.2. The molecule has 138 valence electrons. The van der Waals surface area contributed by atoms with Crippen LogP contribution in [0.3, 0.4) is 0 Å². The molecule has 0 radical (unpaired) electrons. The predicted octanol–water partition coefficient (Wildman–Crippen LogP) is 1.51. The van der Waals surface area contributed by atoms with Crippen molar-refractivity contribution in [2.45, 2.75) is 12.8 Å². The SMILES string of the molecule is CN=C(NCCCc1ccc(O)cc1)N1CCN(c2ncccn2)CC1. The molecule has 1 fully saturated rings. The number of hydrogen-bond donors (Lipinski definition) is 2. The van der Waals surface area contributed by atoms with Crippen LogP contribution in [0.5, 0.6) is 5.75 Å². The fourth-order valence-electron chi connectivity index (χ4n) is 3.06. The van der Waals surface area contributed by atoms with Crippen LogP contribution in [0.25, 0.3) is 0 Å². The molecule has 2 heterocycles. The highest BCUT2D eigenvalue weighted by Crippen LogP contribution is 2.11. The molecule has 7 nitrogen and oxygen atoms in total. The summed E-state index contributed by atoms with van der Waals surface area (Å²) in [7, 11) is 1.83. The largest absolute Gasteiger partial charge is 0.508 e. The molecule has 0 aliphatic carbocycles. The number of nitrogens with one attached hydrogen (secondary N) is 1. The maximum Gasteiger partial charge on any atom is 0.225 e. The molecule has 1 saturated heterocycles. The van der Waals surface area contributed by atoms with Crippen molar-refractivity contribution in [2.75, 3.05) is 44.7 Å². The van der Waals surface area contributed by atoms with Crippen LogP contribution in [-0.4, -0.2) is 65.7 Å². The van der Waals surface area contributed by atoms with Crippen LogP contribution in [0.2, 0.25) is 0 Å². The predicted molar refractivity (Wildman–Crippen MR) is 104 cm³/mol. The Labute approximate surface area is 154 Å². The van der Waals surface area contributed by atoms with Crippen molar-refractivity contribution >= 4 is 11.9 Å². The van der Waals surface area contributed by atoms with E-state index in [1.807, 2.05) is 25.2 Å². The number of aliphatic imine (C=N–C) groups is 1. The maximum atomic E-state index is 9.32. The van der Waals surface area contributed by atoms with Crippen molar-refractivity contribution in [3.63, 3.8) is 0 Å². The van der Waals surface area contributed by atoms with Crippen LogP contribution in [0.15, 0.2) is 47.7 Å². The van der Waals surface area contributed by atoms with Crippen LogP contribution in [0, 0.1) is 0 Å². The van der Waals surface area contributed by atoms with E-state index in [1.54, 1.807) is 24.5 Å². The minimum absolute atomic E-state index is 0.312. The van der Waals surface area contributed by atoms with Crippen LogP contribution in [-0.2, 0) is 6.42 Å². The maximum absolute atomic E-state index is 9.32. The number of rotatable bonds is 5. The van der Waals surface area contributed by atoms with Crippen molar-refractivity contribution in [3.8, 4) is 5.75 Å². The Balaban J connectivity index is 1.41. The quantitative estimate of drug-likeness (QED) is 0.482. The lowest BCUT2D eigenvalue weighted by molar-refractivity contribution is 0.370. The van der Waals surface area contributed by atoms with Gasteiger partial charge < -0.3 is 20.2 Å². The molecule has 0 saturated carbocycles. The van der Waals surface area contributed by atoms with Gasteiger partial charge in [-0.3, -0.25) is 4.99 Å². The summed E-state index contributed by atoms with van der Waals surface area (Å²) in [4.78, 5) is 17.5. The molecule has 2 aromatic rings. The third kappa shape index (κ3) is 4.84. The lowest BCUT2D eigenvalue weighted by Crippen LogP contribution is -2.53. The van der Waals surface area contributed by atoms with Crippen LogP contribution >= 0.6 is 0 Å². The van der Waals surface area contributed by atoms with E-state index in [1.165, 1.54) is 5.56 Å². The zero-order chi connectivity index (χ0) is 18.2. The van der Waals surface area contributed by atoms with E-state index >= 15 is 0 Å². The fourth-order valence-corrected chi connectivity index (χ4v) is 3.06. The molecule has 1 aromatic carbocycles. The van der Waals surface area contributed by atoms with Crippen molar-refractivity contribution < 1.29 is 5.11 Å². The third-order valence-corrected chi connectivity index (χ3v) is 4.49. The van der Waals surface area contributed by atoms with E-state index in [4.69, 9.17) is 0 Å². The first-order chi connectivity index (χ1) is 12.8. The second-order valence-corrected chi connectivity index (χ2v) is 6.27. The minimum atomic E-state index is 0.312. The lowest BCUT2D eigenvalue weighted by atomic mass is 10.1. The summed E-state index contributed by atoms with van der Waals surface area (Å²) >= 11 is 0. The molecule has 3 rings (SSSR count). The van der Waals surface area contributed by atoms with Gasteiger partial charge in [-0.15, -0.1) is 0 Å².